The number of hydrogen-bond donors (Lipinski definition) is 2. The molecule has 0 bridgehead atoms. The predicted octanol–water partition coefficient (Wildman–Crippen LogP) is 0.426. The highest BCUT2D eigenvalue weighted by Gasteiger charge is 2.17. The van der Waals surface area contributed by atoms with Crippen LogP contribution in [0.5, 0.6) is 0 Å². The number of aryl methyl sites for hydroxylation is 2. The Morgan fingerprint density at radius 3 is 2.96 bits per heavy atom. The molecule has 0 amide bonds. The van der Waals surface area contributed by atoms with Gasteiger partial charge in [0.25, 0.3) is 5.56 Å². The second kappa shape index (κ2) is 5.88. The summed E-state index contributed by atoms with van der Waals surface area (Å²) in [5.41, 5.74) is 4.03. The van der Waals surface area contributed by atoms with Gasteiger partial charge in [-0.2, -0.15) is 5.10 Å². The van der Waals surface area contributed by atoms with Crippen molar-refractivity contribution in [1.29, 1.82) is 0 Å². The first-order valence-electron chi connectivity index (χ1n) is 8.09. The number of aromatic amines is 1. The van der Waals surface area contributed by atoms with Crippen LogP contribution >= 0.6 is 0 Å². The zero-order valence-corrected chi connectivity index (χ0v) is 13.6. The maximum Gasteiger partial charge on any atom is 0.272 e. The van der Waals surface area contributed by atoms with E-state index in [-0.39, 0.29) is 12.2 Å². The molecule has 3 aromatic rings. The molecule has 0 spiro atoms. The highest BCUT2D eigenvalue weighted by molar-refractivity contribution is 5.39. The number of aliphatic hydroxyl groups is 1. The average Bonchev–Trinajstić information content (AvgIpc) is 3.05. The van der Waals surface area contributed by atoms with Crippen molar-refractivity contribution < 1.29 is 5.11 Å². The van der Waals surface area contributed by atoms with Gasteiger partial charge in [-0.15, -0.1) is 0 Å². The lowest BCUT2D eigenvalue weighted by Crippen LogP contribution is -2.25. The van der Waals surface area contributed by atoms with Crippen molar-refractivity contribution in [2.45, 2.75) is 39.6 Å². The lowest BCUT2D eigenvalue weighted by atomic mass is 10.3. The smallest absolute Gasteiger partial charge is 0.272 e. The number of fused-ring (bicyclic) bond motifs is 2. The molecule has 24 heavy (non-hydrogen) atoms. The van der Waals surface area contributed by atoms with Crippen LogP contribution in [0.1, 0.15) is 29.2 Å². The van der Waals surface area contributed by atoms with Gasteiger partial charge in [0.2, 0.25) is 0 Å². The van der Waals surface area contributed by atoms with Gasteiger partial charge in [-0.25, -0.2) is 9.50 Å². The quantitative estimate of drug-likeness (QED) is 0.727. The second-order valence-electron chi connectivity index (χ2n) is 6.29. The first-order valence-corrected chi connectivity index (χ1v) is 8.09. The van der Waals surface area contributed by atoms with Crippen LogP contribution in [0.2, 0.25) is 0 Å². The molecule has 0 fully saturated rings. The number of rotatable bonds is 3. The normalized spacial score (nSPS) is 15.6. The van der Waals surface area contributed by atoms with E-state index in [0.717, 1.165) is 43.1 Å². The van der Waals surface area contributed by atoms with Crippen LogP contribution in [0, 0.1) is 6.92 Å². The summed E-state index contributed by atoms with van der Waals surface area (Å²) < 4.78 is 3.43. The Bertz CT molecular complexity index is 938. The van der Waals surface area contributed by atoms with E-state index in [9.17, 15) is 9.90 Å². The van der Waals surface area contributed by atoms with Gasteiger partial charge >= 0.3 is 0 Å². The monoisotopic (exact) mass is 328 g/mol. The van der Waals surface area contributed by atoms with Crippen LogP contribution in [-0.4, -0.2) is 40.9 Å². The Kier molecular flexibility index (Phi) is 3.70. The van der Waals surface area contributed by atoms with E-state index in [4.69, 9.17) is 0 Å². The van der Waals surface area contributed by atoms with Crippen molar-refractivity contribution in [2.75, 3.05) is 6.54 Å². The van der Waals surface area contributed by atoms with Crippen LogP contribution in [-0.2, 0) is 26.2 Å². The molecular weight excluding hydrogens is 308 g/mol. The summed E-state index contributed by atoms with van der Waals surface area (Å²) in [5, 5.41) is 16.6. The minimum Gasteiger partial charge on any atom is -0.390 e. The summed E-state index contributed by atoms with van der Waals surface area (Å²) >= 11 is 0. The molecule has 0 unspecified atom stereocenters. The minimum absolute atomic E-state index is 0.0399. The van der Waals surface area contributed by atoms with E-state index in [1.54, 1.807) is 6.07 Å². The van der Waals surface area contributed by atoms with Gasteiger partial charge in [-0.1, -0.05) is 0 Å². The fourth-order valence-corrected chi connectivity index (χ4v) is 3.27. The van der Waals surface area contributed by atoms with E-state index in [0.29, 0.717) is 17.9 Å². The van der Waals surface area contributed by atoms with Gasteiger partial charge in [-0.3, -0.25) is 19.5 Å². The average molecular weight is 328 g/mol. The number of hydrogen-bond acceptors (Lipinski definition) is 5. The largest absolute Gasteiger partial charge is 0.390 e. The van der Waals surface area contributed by atoms with Crippen LogP contribution in [0.4, 0.5) is 0 Å². The Morgan fingerprint density at radius 1 is 1.25 bits per heavy atom. The third kappa shape index (κ3) is 2.74. The Hall–Kier alpha value is -2.45. The molecular formula is C16H20N6O2. The van der Waals surface area contributed by atoms with E-state index < -0.39 is 0 Å². The molecule has 2 N–H and O–H groups in total. The third-order valence-corrected chi connectivity index (χ3v) is 4.32. The summed E-state index contributed by atoms with van der Waals surface area (Å²) in [7, 11) is 0. The number of aromatic nitrogens is 5. The zero-order chi connectivity index (χ0) is 16.7. The summed E-state index contributed by atoms with van der Waals surface area (Å²) in [6.07, 6.45) is 0.976. The number of H-pyrrole nitrogens is 1. The minimum atomic E-state index is -0.0921. The van der Waals surface area contributed by atoms with Crippen LogP contribution in [0.15, 0.2) is 23.0 Å². The van der Waals surface area contributed by atoms with Gasteiger partial charge in [0.15, 0.2) is 5.65 Å². The van der Waals surface area contributed by atoms with Gasteiger partial charge < -0.3 is 5.11 Å². The standard InChI is InChI=1S/C16H20N6O2/c1-11-5-15-17-12(7-16(24)22(15)18-11)8-20-3-2-4-21-14(9-20)6-13(10-23)19-21/h5-7,18,23H,2-4,8-10H2,1H3. The first kappa shape index (κ1) is 15.1. The molecule has 0 saturated heterocycles. The summed E-state index contributed by atoms with van der Waals surface area (Å²) in [4.78, 5) is 19.0. The predicted molar refractivity (Wildman–Crippen MR) is 87.4 cm³/mol. The van der Waals surface area contributed by atoms with E-state index in [1.807, 2.05) is 23.7 Å². The SMILES string of the molecule is Cc1cc2nc(CN3CCCn4nc(CO)cc4C3)cc(=O)n2[nH]1. The molecule has 8 heteroatoms. The molecule has 4 heterocycles. The fourth-order valence-electron chi connectivity index (χ4n) is 3.27. The molecule has 4 rings (SSSR count). The molecule has 0 saturated carbocycles. The van der Waals surface area contributed by atoms with Gasteiger partial charge in [0, 0.05) is 44.0 Å². The van der Waals surface area contributed by atoms with Crippen molar-refractivity contribution in [1.82, 2.24) is 29.3 Å². The topological polar surface area (TPSA) is 91.4 Å². The summed E-state index contributed by atoms with van der Waals surface area (Å²) in [6, 6.07) is 5.40. The number of nitrogens with zero attached hydrogens (tertiary/aromatic N) is 5. The lowest BCUT2D eigenvalue weighted by Gasteiger charge is -2.18. The van der Waals surface area contributed by atoms with Crippen LogP contribution < -0.4 is 5.56 Å². The van der Waals surface area contributed by atoms with E-state index in [2.05, 4.69) is 20.1 Å². The molecule has 1 aliphatic heterocycles. The Morgan fingerprint density at radius 2 is 2.12 bits per heavy atom. The Labute approximate surface area is 138 Å². The third-order valence-electron chi connectivity index (χ3n) is 4.32. The molecule has 0 atom stereocenters. The fraction of sp³-hybridized carbons (Fsp3) is 0.438. The first-order chi connectivity index (χ1) is 11.6. The van der Waals surface area contributed by atoms with Crippen LogP contribution in [0.3, 0.4) is 0 Å². The molecule has 1 aliphatic rings. The number of aliphatic hydroxyl groups excluding tert-OH is 1. The second-order valence-corrected chi connectivity index (χ2v) is 6.29. The maximum absolute atomic E-state index is 12.2. The molecule has 0 aliphatic carbocycles. The summed E-state index contributed by atoms with van der Waals surface area (Å²) in [6.45, 7) is 4.99. The molecule has 8 nitrogen and oxygen atoms in total. The van der Waals surface area contributed by atoms with Gasteiger partial charge in [0.1, 0.15) is 0 Å². The van der Waals surface area contributed by atoms with Crippen molar-refractivity contribution >= 4 is 5.65 Å². The lowest BCUT2D eigenvalue weighted by molar-refractivity contribution is 0.257. The molecule has 126 valence electrons. The van der Waals surface area contributed by atoms with Crippen LogP contribution in [0.25, 0.3) is 5.65 Å². The van der Waals surface area contributed by atoms with E-state index in [1.165, 1.54) is 4.52 Å². The van der Waals surface area contributed by atoms with Gasteiger partial charge in [0.05, 0.1) is 23.7 Å². The molecule has 0 aromatic carbocycles. The Balaban J connectivity index is 1.59. The highest BCUT2D eigenvalue weighted by Crippen LogP contribution is 2.16. The molecule has 3 aromatic heterocycles. The maximum atomic E-state index is 12.2. The summed E-state index contributed by atoms with van der Waals surface area (Å²) in [5.74, 6) is 0. The van der Waals surface area contributed by atoms with Crippen molar-refractivity contribution in [3.05, 3.63) is 51.3 Å². The van der Waals surface area contributed by atoms with E-state index >= 15 is 0 Å². The highest BCUT2D eigenvalue weighted by atomic mass is 16.3. The van der Waals surface area contributed by atoms with Crippen molar-refractivity contribution in [3.8, 4) is 0 Å². The number of nitrogens with one attached hydrogen (secondary N) is 1. The van der Waals surface area contributed by atoms with Gasteiger partial charge in [-0.05, 0) is 19.4 Å². The van der Waals surface area contributed by atoms with Crippen molar-refractivity contribution in [2.24, 2.45) is 0 Å². The van der Waals surface area contributed by atoms with Crippen molar-refractivity contribution in [3.63, 3.8) is 0 Å². The zero-order valence-electron chi connectivity index (χ0n) is 13.6. The molecule has 0 radical (unpaired) electrons.